The lowest BCUT2D eigenvalue weighted by Gasteiger charge is -2.32. The van der Waals surface area contributed by atoms with E-state index < -0.39 is 5.60 Å². The number of benzene rings is 2. The molecule has 1 amide bonds. The molecule has 6 heteroatoms. The summed E-state index contributed by atoms with van der Waals surface area (Å²) in [6.45, 7) is 13.8. The highest BCUT2D eigenvalue weighted by atomic mass is 16.6. The molecule has 0 unspecified atom stereocenters. The Balaban J connectivity index is 1.45. The van der Waals surface area contributed by atoms with Gasteiger partial charge in [-0.3, -0.25) is 4.68 Å². The molecule has 0 radical (unpaired) electrons. The quantitative estimate of drug-likeness (QED) is 0.520. The molecule has 32 heavy (non-hydrogen) atoms. The number of hydrogen-bond donors (Lipinski definition) is 0. The van der Waals surface area contributed by atoms with Crippen LogP contribution in [0.4, 0.5) is 4.79 Å². The second-order valence-corrected chi connectivity index (χ2v) is 9.84. The number of aromatic nitrogens is 2. The molecule has 6 nitrogen and oxygen atoms in total. The molecule has 0 saturated carbocycles. The van der Waals surface area contributed by atoms with Crippen LogP contribution in [-0.2, 0) is 24.3 Å². The Morgan fingerprint density at radius 3 is 2.69 bits per heavy atom. The number of nitrogens with zero attached hydrogens (tertiary/aromatic N) is 3. The van der Waals surface area contributed by atoms with Gasteiger partial charge in [-0.15, -0.1) is 0 Å². The van der Waals surface area contributed by atoms with Gasteiger partial charge in [0.25, 0.3) is 0 Å². The molecule has 1 aromatic heterocycles. The van der Waals surface area contributed by atoms with E-state index >= 15 is 0 Å². The van der Waals surface area contributed by atoms with Crippen molar-refractivity contribution in [1.29, 1.82) is 0 Å². The first-order valence-electron chi connectivity index (χ1n) is 11.3. The average Bonchev–Trinajstić information content (AvgIpc) is 3.15. The van der Waals surface area contributed by atoms with E-state index in [1.165, 1.54) is 5.56 Å². The van der Waals surface area contributed by atoms with Crippen molar-refractivity contribution < 1.29 is 14.3 Å². The summed E-state index contributed by atoms with van der Waals surface area (Å²) in [5.41, 5.74) is 5.37. The van der Waals surface area contributed by atoms with E-state index in [0.29, 0.717) is 25.7 Å². The van der Waals surface area contributed by atoms with Crippen LogP contribution in [0.25, 0.3) is 10.9 Å². The van der Waals surface area contributed by atoms with E-state index in [2.05, 4.69) is 50.1 Å². The highest BCUT2D eigenvalue weighted by Gasteiger charge is 2.27. The van der Waals surface area contributed by atoms with Crippen molar-refractivity contribution in [3.63, 3.8) is 0 Å². The van der Waals surface area contributed by atoms with Gasteiger partial charge in [-0.2, -0.15) is 5.10 Å². The van der Waals surface area contributed by atoms with Crippen molar-refractivity contribution in [2.24, 2.45) is 0 Å². The Labute approximate surface area is 190 Å². The molecule has 0 aliphatic carbocycles. The molecule has 0 spiro atoms. The summed E-state index contributed by atoms with van der Waals surface area (Å²) in [4.78, 5) is 14.2. The van der Waals surface area contributed by atoms with Crippen LogP contribution in [-0.4, -0.2) is 32.9 Å². The fourth-order valence-corrected chi connectivity index (χ4v) is 4.22. The zero-order valence-electron chi connectivity index (χ0n) is 19.9. The lowest BCUT2D eigenvalue weighted by atomic mass is 9.94. The zero-order valence-corrected chi connectivity index (χ0v) is 19.9. The average molecular weight is 436 g/mol. The van der Waals surface area contributed by atoms with Crippen molar-refractivity contribution in [2.45, 2.75) is 72.8 Å². The maximum absolute atomic E-state index is 12.4. The van der Waals surface area contributed by atoms with Gasteiger partial charge in [-0.25, -0.2) is 4.79 Å². The molecule has 1 aliphatic heterocycles. The molecule has 2 aromatic carbocycles. The van der Waals surface area contributed by atoms with Gasteiger partial charge < -0.3 is 14.4 Å². The Morgan fingerprint density at radius 1 is 1.19 bits per heavy atom. The second-order valence-electron chi connectivity index (χ2n) is 9.84. The molecule has 0 N–H and O–H groups in total. The molecule has 0 bridgehead atoms. The van der Waals surface area contributed by atoms with Crippen molar-refractivity contribution in [3.8, 4) is 5.75 Å². The van der Waals surface area contributed by atoms with Gasteiger partial charge >= 0.3 is 6.09 Å². The number of carbonyl (C=O) groups is 1. The summed E-state index contributed by atoms with van der Waals surface area (Å²) in [6, 6.07) is 10.8. The van der Waals surface area contributed by atoms with Crippen LogP contribution in [0.5, 0.6) is 5.75 Å². The Morgan fingerprint density at radius 2 is 1.97 bits per heavy atom. The maximum atomic E-state index is 12.4. The third kappa shape index (κ3) is 4.59. The fourth-order valence-electron chi connectivity index (χ4n) is 4.22. The van der Waals surface area contributed by atoms with Gasteiger partial charge in [0.1, 0.15) is 18.0 Å². The minimum absolute atomic E-state index is 0.252. The van der Waals surface area contributed by atoms with Crippen molar-refractivity contribution in [1.82, 2.24) is 14.7 Å². The number of fused-ring (bicyclic) bond motifs is 2. The Hall–Kier alpha value is -3.02. The van der Waals surface area contributed by atoms with E-state index in [9.17, 15) is 4.79 Å². The van der Waals surface area contributed by atoms with Crippen LogP contribution in [0.2, 0.25) is 0 Å². The van der Waals surface area contributed by atoms with E-state index in [-0.39, 0.29) is 6.09 Å². The third-order valence-corrected chi connectivity index (χ3v) is 5.83. The molecular weight excluding hydrogens is 402 g/mol. The largest absolute Gasteiger partial charge is 0.489 e. The third-order valence-electron chi connectivity index (χ3n) is 5.83. The minimum atomic E-state index is -0.485. The van der Waals surface area contributed by atoms with Gasteiger partial charge in [0, 0.05) is 24.5 Å². The highest BCUT2D eigenvalue weighted by Crippen LogP contribution is 2.30. The van der Waals surface area contributed by atoms with Crippen molar-refractivity contribution in [3.05, 3.63) is 58.8 Å². The number of ether oxygens (including phenoxy) is 2. The van der Waals surface area contributed by atoms with Crippen LogP contribution in [0.1, 0.15) is 62.9 Å². The van der Waals surface area contributed by atoms with Crippen LogP contribution < -0.4 is 4.74 Å². The van der Waals surface area contributed by atoms with Gasteiger partial charge in [0.2, 0.25) is 0 Å². The van der Waals surface area contributed by atoms with Crippen LogP contribution >= 0.6 is 0 Å². The van der Waals surface area contributed by atoms with Crippen molar-refractivity contribution >= 4 is 17.0 Å². The smallest absolute Gasteiger partial charge is 0.410 e. The van der Waals surface area contributed by atoms with Crippen molar-refractivity contribution in [2.75, 3.05) is 6.54 Å². The molecule has 4 rings (SSSR count). The lowest BCUT2D eigenvalue weighted by Crippen LogP contribution is -2.40. The molecule has 1 aliphatic rings. The fraction of sp³-hybridized carbons (Fsp3) is 0.462. The molecule has 170 valence electrons. The molecule has 0 atom stereocenters. The van der Waals surface area contributed by atoms with Crippen LogP contribution in [0.3, 0.4) is 0 Å². The maximum Gasteiger partial charge on any atom is 0.410 e. The van der Waals surface area contributed by atoms with E-state index in [1.807, 2.05) is 37.7 Å². The highest BCUT2D eigenvalue weighted by molar-refractivity contribution is 5.79. The van der Waals surface area contributed by atoms with Gasteiger partial charge in [0.15, 0.2) is 0 Å². The predicted octanol–water partition coefficient (Wildman–Crippen LogP) is 5.80. The Bertz CT molecular complexity index is 1140. The minimum Gasteiger partial charge on any atom is -0.489 e. The summed E-state index contributed by atoms with van der Waals surface area (Å²) < 4.78 is 13.8. The Kier molecular flexibility index (Phi) is 5.89. The summed E-state index contributed by atoms with van der Waals surface area (Å²) in [7, 11) is 0. The topological polar surface area (TPSA) is 56.6 Å². The number of hydrogen-bond acceptors (Lipinski definition) is 4. The van der Waals surface area contributed by atoms with E-state index in [1.54, 1.807) is 4.90 Å². The standard InChI is InChI=1S/C26H33N3O3/c1-17(2)29-23-9-7-19(13-21(23)14-27-29)16-31-24-10-8-20-15-28(12-11-22(20)18(24)3)25(30)32-26(4,5)6/h7-10,13-14,17H,11-12,15-16H2,1-6H3. The predicted molar refractivity (Wildman–Crippen MR) is 126 cm³/mol. The van der Waals surface area contributed by atoms with Gasteiger partial charge in [-0.1, -0.05) is 12.1 Å². The second kappa shape index (κ2) is 8.49. The summed E-state index contributed by atoms with van der Waals surface area (Å²) >= 11 is 0. The normalized spacial score (nSPS) is 14.0. The lowest BCUT2D eigenvalue weighted by molar-refractivity contribution is 0.0223. The molecule has 0 fully saturated rings. The molecular formula is C26H33N3O3. The van der Waals surface area contributed by atoms with Gasteiger partial charge in [-0.05, 0) is 88.4 Å². The first-order chi connectivity index (χ1) is 15.1. The summed E-state index contributed by atoms with van der Waals surface area (Å²) in [5.74, 6) is 0.896. The van der Waals surface area contributed by atoms with Gasteiger partial charge in [0.05, 0.1) is 11.7 Å². The van der Waals surface area contributed by atoms with E-state index in [4.69, 9.17) is 9.47 Å². The monoisotopic (exact) mass is 435 g/mol. The molecule has 3 aromatic rings. The van der Waals surface area contributed by atoms with E-state index in [0.717, 1.165) is 39.8 Å². The SMILES string of the molecule is Cc1c(OCc2ccc3c(cnn3C(C)C)c2)ccc2c1CCN(C(=O)OC(C)(C)C)C2. The number of carbonyl (C=O) groups excluding carboxylic acids is 1. The number of amides is 1. The summed E-state index contributed by atoms with van der Waals surface area (Å²) in [5, 5.41) is 5.62. The number of rotatable bonds is 4. The zero-order chi connectivity index (χ0) is 23.0. The van der Waals surface area contributed by atoms with Crippen LogP contribution in [0, 0.1) is 6.92 Å². The molecule has 2 heterocycles. The first kappa shape index (κ1) is 22.2. The van der Waals surface area contributed by atoms with Crippen LogP contribution in [0.15, 0.2) is 36.5 Å². The summed E-state index contributed by atoms with van der Waals surface area (Å²) in [6.07, 6.45) is 2.47. The molecule has 0 saturated heterocycles. The first-order valence-corrected chi connectivity index (χ1v) is 11.3.